The number of hydrogen-bond donors (Lipinski definition) is 2. The summed E-state index contributed by atoms with van der Waals surface area (Å²) in [5.74, 6) is 0.174. The number of aliphatic hydroxyl groups is 1. The summed E-state index contributed by atoms with van der Waals surface area (Å²) in [6.07, 6.45) is 4.13. The number of aromatic nitrogens is 1. The average Bonchev–Trinajstić information content (AvgIpc) is 3.22. The molecule has 2 aromatic rings. The molecule has 7 nitrogen and oxygen atoms in total. The molecule has 1 amide bonds. The van der Waals surface area contributed by atoms with Gasteiger partial charge in [0, 0.05) is 44.2 Å². The molecule has 0 bridgehead atoms. The Morgan fingerprint density at radius 1 is 1.23 bits per heavy atom. The molecular formula is C23H34N4O3. The monoisotopic (exact) mass is 414 g/mol. The minimum absolute atomic E-state index is 0.0447. The Kier molecular flexibility index (Phi) is 6.29. The number of para-hydroxylation sites is 2. The number of carbonyl (C=O) groups excluding carboxylic acids is 1. The van der Waals surface area contributed by atoms with E-state index in [0.717, 1.165) is 69.0 Å². The van der Waals surface area contributed by atoms with Crippen LogP contribution in [0.1, 0.15) is 39.5 Å². The van der Waals surface area contributed by atoms with Gasteiger partial charge in [-0.2, -0.15) is 4.98 Å². The number of rotatable bonds is 6. The molecule has 1 unspecified atom stereocenters. The smallest absolute Gasteiger partial charge is 0.298 e. The summed E-state index contributed by atoms with van der Waals surface area (Å²) >= 11 is 0. The van der Waals surface area contributed by atoms with Crippen molar-refractivity contribution in [2.75, 3.05) is 44.2 Å². The molecule has 7 heteroatoms. The first-order valence-electron chi connectivity index (χ1n) is 11.2. The Labute approximate surface area is 178 Å². The molecule has 0 spiro atoms. The second kappa shape index (κ2) is 8.94. The predicted molar refractivity (Wildman–Crippen MR) is 117 cm³/mol. The molecule has 2 fully saturated rings. The second-order valence-corrected chi connectivity index (χ2v) is 9.56. The zero-order chi connectivity index (χ0) is 21.1. The maximum absolute atomic E-state index is 12.7. The SMILES string of the molecule is CC(C)(CO)CNC(=O)C1CCCN(C2CCN(c3nc4ccccc4o3)CC2)C1. The van der Waals surface area contributed by atoms with E-state index in [9.17, 15) is 9.90 Å². The van der Waals surface area contributed by atoms with Crippen LogP contribution in [-0.2, 0) is 4.79 Å². The summed E-state index contributed by atoms with van der Waals surface area (Å²) < 4.78 is 5.93. The number of nitrogens with zero attached hydrogens (tertiary/aromatic N) is 3. The van der Waals surface area contributed by atoms with Gasteiger partial charge < -0.3 is 19.7 Å². The summed E-state index contributed by atoms with van der Waals surface area (Å²) in [5.41, 5.74) is 1.47. The molecule has 1 atom stereocenters. The van der Waals surface area contributed by atoms with Gasteiger partial charge in [-0.15, -0.1) is 0 Å². The lowest BCUT2D eigenvalue weighted by atomic mass is 9.91. The molecule has 3 heterocycles. The van der Waals surface area contributed by atoms with Crippen molar-refractivity contribution in [2.24, 2.45) is 11.3 Å². The van der Waals surface area contributed by atoms with Crippen LogP contribution in [0.2, 0.25) is 0 Å². The fraction of sp³-hybridized carbons (Fsp3) is 0.652. The van der Waals surface area contributed by atoms with Crippen LogP contribution in [0.3, 0.4) is 0 Å². The minimum atomic E-state index is -0.276. The molecule has 2 aliphatic rings. The van der Waals surface area contributed by atoms with E-state index in [1.807, 2.05) is 38.1 Å². The molecule has 2 aliphatic heterocycles. The number of benzene rings is 1. The number of anilines is 1. The van der Waals surface area contributed by atoms with Crippen molar-refractivity contribution >= 4 is 23.0 Å². The largest absolute Gasteiger partial charge is 0.423 e. The maximum atomic E-state index is 12.7. The number of fused-ring (bicyclic) bond motifs is 1. The highest BCUT2D eigenvalue weighted by Crippen LogP contribution is 2.28. The summed E-state index contributed by atoms with van der Waals surface area (Å²) in [5, 5.41) is 12.5. The maximum Gasteiger partial charge on any atom is 0.298 e. The van der Waals surface area contributed by atoms with E-state index in [2.05, 4.69) is 20.1 Å². The van der Waals surface area contributed by atoms with Gasteiger partial charge in [-0.1, -0.05) is 26.0 Å². The lowest BCUT2D eigenvalue weighted by Gasteiger charge is -2.41. The number of oxazole rings is 1. The van der Waals surface area contributed by atoms with E-state index in [1.54, 1.807) is 0 Å². The van der Waals surface area contributed by atoms with Crippen LogP contribution in [-0.4, -0.2) is 66.3 Å². The fourth-order valence-electron chi connectivity index (χ4n) is 4.50. The van der Waals surface area contributed by atoms with Crippen molar-refractivity contribution in [3.05, 3.63) is 24.3 Å². The van der Waals surface area contributed by atoms with Gasteiger partial charge in [-0.25, -0.2) is 0 Å². The van der Waals surface area contributed by atoms with E-state index in [0.29, 0.717) is 12.6 Å². The van der Waals surface area contributed by atoms with Gasteiger partial charge in [0.05, 0.1) is 5.92 Å². The lowest BCUT2D eigenvalue weighted by Crippen LogP contribution is -2.51. The topological polar surface area (TPSA) is 81.8 Å². The first-order chi connectivity index (χ1) is 14.4. The normalized spacial score (nSPS) is 21.8. The zero-order valence-corrected chi connectivity index (χ0v) is 18.1. The standard InChI is InChI=1S/C23H34N4O3/c1-23(2,16-28)15-24-21(29)17-6-5-11-27(14-17)18-9-12-26(13-10-18)22-25-19-7-3-4-8-20(19)30-22/h3-4,7-8,17-18,28H,5-6,9-16H2,1-2H3,(H,24,29). The Bertz CT molecular complexity index is 824. The fourth-order valence-corrected chi connectivity index (χ4v) is 4.50. The third-order valence-corrected chi connectivity index (χ3v) is 6.53. The third kappa shape index (κ3) is 4.78. The van der Waals surface area contributed by atoms with Crippen LogP contribution in [0.5, 0.6) is 0 Å². The van der Waals surface area contributed by atoms with E-state index in [-0.39, 0.29) is 23.8 Å². The van der Waals surface area contributed by atoms with E-state index in [1.165, 1.54) is 0 Å². The number of likely N-dealkylation sites (tertiary alicyclic amines) is 1. The van der Waals surface area contributed by atoms with Gasteiger partial charge in [0.25, 0.3) is 6.01 Å². The number of aliphatic hydroxyl groups excluding tert-OH is 1. The van der Waals surface area contributed by atoms with Crippen molar-refractivity contribution in [2.45, 2.75) is 45.6 Å². The van der Waals surface area contributed by atoms with Crippen molar-refractivity contribution in [3.8, 4) is 0 Å². The molecular weight excluding hydrogens is 380 g/mol. The van der Waals surface area contributed by atoms with Crippen molar-refractivity contribution < 1.29 is 14.3 Å². The lowest BCUT2D eigenvalue weighted by molar-refractivity contribution is -0.127. The number of piperidine rings is 2. The van der Waals surface area contributed by atoms with Gasteiger partial charge in [0.2, 0.25) is 5.91 Å². The molecule has 0 radical (unpaired) electrons. The Morgan fingerprint density at radius 3 is 2.73 bits per heavy atom. The highest BCUT2D eigenvalue weighted by molar-refractivity contribution is 5.79. The van der Waals surface area contributed by atoms with Crippen LogP contribution in [0.4, 0.5) is 6.01 Å². The average molecular weight is 415 g/mol. The molecule has 2 N–H and O–H groups in total. The Balaban J connectivity index is 1.29. The molecule has 164 valence electrons. The molecule has 2 saturated heterocycles. The highest BCUT2D eigenvalue weighted by Gasteiger charge is 2.33. The summed E-state index contributed by atoms with van der Waals surface area (Å²) in [6.45, 7) is 8.27. The summed E-state index contributed by atoms with van der Waals surface area (Å²) in [7, 11) is 0. The van der Waals surface area contributed by atoms with E-state index in [4.69, 9.17) is 4.42 Å². The molecule has 30 heavy (non-hydrogen) atoms. The van der Waals surface area contributed by atoms with Gasteiger partial charge in [-0.05, 0) is 44.4 Å². The molecule has 1 aromatic carbocycles. The third-order valence-electron chi connectivity index (χ3n) is 6.53. The second-order valence-electron chi connectivity index (χ2n) is 9.56. The van der Waals surface area contributed by atoms with Crippen molar-refractivity contribution in [1.29, 1.82) is 0 Å². The molecule has 0 aliphatic carbocycles. The quantitative estimate of drug-likeness (QED) is 0.756. The summed E-state index contributed by atoms with van der Waals surface area (Å²) in [6, 6.07) is 9.12. The summed E-state index contributed by atoms with van der Waals surface area (Å²) in [4.78, 5) is 22.0. The number of hydrogen-bond acceptors (Lipinski definition) is 6. The first kappa shape index (κ1) is 21.1. The number of nitrogens with one attached hydrogen (secondary N) is 1. The van der Waals surface area contributed by atoms with Crippen molar-refractivity contribution in [3.63, 3.8) is 0 Å². The highest BCUT2D eigenvalue weighted by atomic mass is 16.4. The van der Waals surface area contributed by atoms with E-state index < -0.39 is 0 Å². The van der Waals surface area contributed by atoms with Crippen molar-refractivity contribution in [1.82, 2.24) is 15.2 Å². The van der Waals surface area contributed by atoms with Crippen LogP contribution in [0, 0.1) is 11.3 Å². The Morgan fingerprint density at radius 2 is 2.00 bits per heavy atom. The van der Waals surface area contributed by atoms with Crippen LogP contribution < -0.4 is 10.2 Å². The van der Waals surface area contributed by atoms with Gasteiger partial charge >= 0.3 is 0 Å². The Hall–Kier alpha value is -2.12. The van der Waals surface area contributed by atoms with Gasteiger partial charge in [0.15, 0.2) is 5.58 Å². The zero-order valence-electron chi connectivity index (χ0n) is 18.1. The predicted octanol–water partition coefficient (Wildman–Crippen LogP) is 2.64. The van der Waals surface area contributed by atoms with Crippen LogP contribution in [0.25, 0.3) is 11.1 Å². The number of amides is 1. The van der Waals surface area contributed by atoms with Crippen LogP contribution >= 0.6 is 0 Å². The molecule has 0 saturated carbocycles. The molecule has 1 aromatic heterocycles. The van der Waals surface area contributed by atoms with Gasteiger partial charge in [-0.3, -0.25) is 9.69 Å². The molecule has 4 rings (SSSR count). The van der Waals surface area contributed by atoms with E-state index >= 15 is 0 Å². The number of carbonyl (C=O) groups is 1. The van der Waals surface area contributed by atoms with Crippen LogP contribution in [0.15, 0.2) is 28.7 Å². The first-order valence-corrected chi connectivity index (χ1v) is 11.2. The van der Waals surface area contributed by atoms with Gasteiger partial charge in [0.1, 0.15) is 5.52 Å². The minimum Gasteiger partial charge on any atom is -0.423 e.